The lowest BCUT2D eigenvalue weighted by Crippen LogP contribution is -2.37. The molecule has 2 aromatic carbocycles. The van der Waals surface area contributed by atoms with Crippen molar-refractivity contribution in [3.63, 3.8) is 0 Å². The summed E-state index contributed by atoms with van der Waals surface area (Å²) in [6.45, 7) is 0.728. The molecule has 130 valence electrons. The van der Waals surface area contributed by atoms with Gasteiger partial charge in [-0.3, -0.25) is 4.79 Å². The van der Waals surface area contributed by atoms with Crippen molar-refractivity contribution in [2.45, 2.75) is 12.8 Å². The largest absolute Gasteiger partial charge is 0.497 e. The van der Waals surface area contributed by atoms with Crippen LogP contribution in [0.1, 0.15) is 12.0 Å². The number of aryl methyl sites for hydroxylation is 1. The Bertz CT molecular complexity index is 788. The Labute approximate surface area is 147 Å². The van der Waals surface area contributed by atoms with Crippen LogP contribution in [0.5, 0.6) is 5.75 Å². The maximum atomic E-state index is 12.5. The average Bonchev–Trinajstić information content (AvgIpc) is 2.65. The molecule has 1 heterocycles. The van der Waals surface area contributed by atoms with Crippen molar-refractivity contribution in [3.8, 4) is 5.75 Å². The van der Waals surface area contributed by atoms with Gasteiger partial charge in [0.2, 0.25) is 5.91 Å². The zero-order valence-corrected chi connectivity index (χ0v) is 14.2. The molecule has 0 radical (unpaired) electrons. The number of nitrogens with two attached hydrogens (primary N) is 1. The highest BCUT2D eigenvalue weighted by atomic mass is 16.5. The fourth-order valence-corrected chi connectivity index (χ4v) is 2.92. The lowest BCUT2D eigenvalue weighted by molar-refractivity contribution is -0.117. The number of amides is 1. The van der Waals surface area contributed by atoms with Gasteiger partial charge in [0.25, 0.3) is 0 Å². The second kappa shape index (κ2) is 7.70. The number of aliphatic imine (C=N–C) groups is 1. The number of nitrogens with zero attached hydrogens (tertiary/aromatic N) is 2. The Hall–Kier alpha value is -3.02. The highest BCUT2D eigenvalue weighted by Gasteiger charge is 2.21. The standard InChI is InChI=1S/C19H22N4O2/c1-25-16-9-4-8-15(12-16)22-19(20)21-13-18(24)23-11-5-7-14-6-2-3-10-17(14)23/h2-4,6,8-10,12H,5,7,11,13H2,1H3,(H3,20,21,22). The van der Waals surface area contributed by atoms with Gasteiger partial charge in [-0.15, -0.1) is 0 Å². The summed E-state index contributed by atoms with van der Waals surface area (Å²) in [5.74, 6) is 0.869. The summed E-state index contributed by atoms with van der Waals surface area (Å²) in [7, 11) is 1.60. The number of guanidine groups is 1. The first-order chi connectivity index (χ1) is 12.2. The Morgan fingerprint density at radius 1 is 1.28 bits per heavy atom. The van der Waals surface area contributed by atoms with Crippen LogP contribution in [-0.2, 0) is 11.2 Å². The number of para-hydroxylation sites is 1. The molecule has 1 aliphatic heterocycles. The van der Waals surface area contributed by atoms with Crippen LogP contribution in [0.2, 0.25) is 0 Å². The van der Waals surface area contributed by atoms with E-state index in [0.29, 0.717) is 6.54 Å². The van der Waals surface area contributed by atoms with E-state index in [1.54, 1.807) is 12.0 Å². The van der Waals surface area contributed by atoms with Crippen LogP contribution in [0, 0.1) is 0 Å². The van der Waals surface area contributed by atoms with Gasteiger partial charge in [0.05, 0.1) is 7.11 Å². The summed E-state index contributed by atoms with van der Waals surface area (Å²) >= 11 is 0. The number of anilines is 2. The van der Waals surface area contributed by atoms with E-state index >= 15 is 0 Å². The summed E-state index contributed by atoms with van der Waals surface area (Å²) in [6.07, 6.45) is 1.97. The number of carbonyl (C=O) groups excluding carboxylic acids is 1. The summed E-state index contributed by atoms with van der Waals surface area (Å²) in [4.78, 5) is 18.5. The van der Waals surface area contributed by atoms with Crippen molar-refractivity contribution in [1.82, 2.24) is 0 Å². The van der Waals surface area contributed by atoms with Gasteiger partial charge in [0.1, 0.15) is 12.3 Å². The topological polar surface area (TPSA) is 80.0 Å². The lowest BCUT2D eigenvalue weighted by atomic mass is 10.0. The fraction of sp³-hybridized carbons (Fsp3) is 0.263. The van der Waals surface area contributed by atoms with E-state index in [1.807, 2.05) is 42.5 Å². The van der Waals surface area contributed by atoms with Crippen molar-refractivity contribution in [1.29, 1.82) is 0 Å². The van der Waals surface area contributed by atoms with Gasteiger partial charge in [-0.1, -0.05) is 24.3 Å². The summed E-state index contributed by atoms with van der Waals surface area (Å²) < 4.78 is 5.17. The van der Waals surface area contributed by atoms with Crippen molar-refractivity contribution < 1.29 is 9.53 Å². The molecule has 0 saturated carbocycles. The minimum absolute atomic E-state index is 0.0110. The molecule has 0 saturated heterocycles. The molecule has 3 rings (SSSR count). The van der Waals surface area contributed by atoms with E-state index in [2.05, 4.69) is 16.4 Å². The molecule has 0 unspecified atom stereocenters. The third kappa shape index (κ3) is 4.09. The second-order valence-corrected chi connectivity index (χ2v) is 5.84. The number of nitrogens with one attached hydrogen (secondary N) is 1. The van der Waals surface area contributed by atoms with Gasteiger partial charge < -0.3 is 20.7 Å². The third-order valence-corrected chi connectivity index (χ3v) is 4.14. The van der Waals surface area contributed by atoms with Gasteiger partial charge in [0.15, 0.2) is 5.96 Å². The predicted molar refractivity (Wildman–Crippen MR) is 100 cm³/mol. The van der Waals surface area contributed by atoms with Crippen molar-refractivity contribution >= 4 is 23.2 Å². The quantitative estimate of drug-likeness (QED) is 0.663. The van der Waals surface area contributed by atoms with Crippen molar-refractivity contribution in [3.05, 3.63) is 54.1 Å². The van der Waals surface area contributed by atoms with Crippen LogP contribution in [0.4, 0.5) is 11.4 Å². The predicted octanol–water partition coefficient (Wildman–Crippen LogP) is 2.40. The molecule has 0 bridgehead atoms. The van der Waals surface area contributed by atoms with Gasteiger partial charge >= 0.3 is 0 Å². The molecule has 25 heavy (non-hydrogen) atoms. The number of ether oxygens (including phenoxy) is 1. The SMILES string of the molecule is COc1cccc(NC(N)=NCC(=O)N2CCCc3ccccc32)c1. The molecule has 0 aliphatic carbocycles. The van der Waals surface area contributed by atoms with Gasteiger partial charge in [-0.25, -0.2) is 4.99 Å². The Morgan fingerprint density at radius 2 is 2.12 bits per heavy atom. The van der Waals surface area contributed by atoms with E-state index in [9.17, 15) is 4.79 Å². The van der Waals surface area contributed by atoms with Crippen LogP contribution in [0.3, 0.4) is 0 Å². The minimum atomic E-state index is -0.0532. The first-order valence-corrected chi connectivity index (χ1v) is 8.26. The van der Waals surface area contributed by atoms with E-state index in [1.165, 1.54) is 5.56 Å². The first kappa shape index (κ1) is 16.8. The molecule has 0 atom stereocenters. The third-order valence-electron chi connectivity index (χ3n) is 4.14. The number of methoxy groups -OCH3 is 1. The number of hydrogen-bond acceptors (Lipinski definition) is 3. The average molecular weight is 338 g/mol. The van der Waals surface area contributed by atoms with Gasteiger partial charge in [0, 0.05) is 24.0 Å². The molecule has 0 spiro atoms. The van der Waals surface area contributed by atoms with Crippen LogP contribution < -0.4 is 20.7 Å². The zero-order valence-electron chi connectivity index (χ0n) is 14.2. The van der Waals surface area contributed by atoms with Crippen molar-refractivity contribution in [2.24, 2.45) is 10.7 Å². The Balaban J connectivity index is 1.64. The maximum absolute atomic E-state index is 12.5. The van der Waals surface area contributed by atoms with Crippen LogP contribution in [-0.4, -0.2) is 32.1 Å². The van der Waals surface area contributed by atoms with Gasteiger partial charge in [-0.2, -0.15) is 0 Å². The zero-order chi connectivity index (χ0) is 17.6. The lowest BCUT2D eigenvalue weighted by Gasteiger charge is -2.29. The Kier molecular flexibility index (Phi) is 5.18. The van der Waals surface area contributed by atoms with E-state index in [4.69, 9.17) is 10.5 Å². The molecule has 2 aromatic rings. The summed E-state index contributed by atoms with van der Waals surface area (Å²) in [5, 5.41) is 2.97. The highest BCUT2D eigenvalue weighted by Crippen LogP contribution is 2.26. The minimum Gasteiger partial charge on any atom is -0.497 e. The molecular formula is C19H22N4O2. The van der Waals surface area contributed by atoms with Crippen LogP contribution >= 0.6 is 0 Å². The fourth-order valence-electron chi connectivity index (χ4n) is 2.92. The Morgan fingerprint density at radius 3 is 2.96 bits per heavy atom. The number of carbonyl (C=O) groups is 1. The molecular weight excluding hydrogens is 316 g/mol. The summed E-state index contributed by atoms with van der Waals surface area (Å²) in [6, 6.07) is 15.4. The molecule has 6 heteroatoms. The number of rotatable bonds is 4. The number of benzene rings is 2. The molecule has 6 nitrogen and oxygen atoms in total. The molecule has 1 amide bonds. The molecule has 1 aliphatic rings. The first-order valence-electron chi connectivity index (χ1n) is 8.26. The molecule has 3 N–H and O–H groups in total. The number of fused-ring (bicyclic) bond motifs is 1. The molecule has 0 fully saturated rings. The monoisotopic (exact) mass is 338 g/mol. The van der Waals surface area contributed by atoms with Gasteiger partial charge in [-0.05, 0) is 36.6 Å². The maximum Gasteiger partial charge on any atom is 0.248 e. The van der Waals surface area contributed by atoms with E-state index in [0.717, 1.165) is 30.0 Å². The van der Waals surface area contributed by atoms with E-state index < -0.39 is 0 Å². The van der Waals surface area contributed by atoms with Crippen LogP contribution in [0.25, 0.3) is 0 Å². The highest BCUT2D eigenvalue weighted by molar-refractivity contribution is 5.99. The number of hydrogen-bond donors (Lipinski definition) is 2. The smallest absolute Gasteiger partial charge is 0.248 e. The second-order valence-electron chi connectivity index (χ2n) is 5.84. The normalized spacial score (nSPS) is 14.0. The summed E-state index contributed by atoms with van der Waals surface area (Å²) in [5.41, 5.74) is 8.84. The van der Waals surface area contributed by atoms with Crippen LogP contribution in [0.15, 0.2) is 53.5 Å². The molecule has 0 aromatic heterocycles. The van der Waals surface area contributed by atoms with E-state index in [-0.39, 0.29) is 18.4 Å². The van der Waals surface area contributed by atoms with Crippen molar-refractivity contribution in [2.75, 3.05) is 30.4 Å².